The van der Waals surface area contributed by atoms with E-state index in [1.54, 1.807) is 11.9 Å². The zero-order valence-electron chi connectivity index (χ0n) is 10.3. The maximum atomic E-state index is 12.1. The summed E-state index contributed by atoms with van der Waals surface area (Å²) >= 11 is 5.99. The quantitative estimate of drug-likeness (QED) is 0.837. The van der Waals surface area contributed by atoms with Crippen LogP contribution in [0.4, 0.5) is 5.82 Å². The molecule has 0 radical (unpaired) electrons. The number of aromatic nitrogens is 2. The fourth-order valence-corrected chi connectivity index (χ4v) is 2.13. The van der Waals surface area contributed by atoms with Gasteiger partial charge in [0.1, 0.15) is 11.3 Å². The van der Waals surface area contributed by atoms with Crippen LogP contribution in [0.25, 0.3) is 0 Å². The first-order valence-electron chi connectivity index (χ1n) is 5.83. The summed E-state index contributed by atoms with van der Waals surface area (Å²) in [7, 11) is 1.80. The van der Waals surface area contributed by atoms with E-state index in [1.807, 2.05) is 4.90 Å². The first kappa shape index (κ1) is 13.0. The number of nitrogens with zero attached hydrogens (tertiary/aromatic N) is 4. The zero-order valence-corrected chi connectivity index (χ0v) is 11.0. The number of halogens is 1. The molecule has 0 bridgehead atoms. The summed E-state index contributed by atoms with van der Waals surface area (Å²) in [6.45, 7) is 3.48. The number of hydrogen-bond donors (Lipinski definition) is 1. The number of likely N-dealkylation sites (N-methyl/N-ethyl adjacent to an activating group) is 1. The molecule has 0 unspecified atom stereocenters. The first-order valence-corrected chi connectivity index (χ1v) is 6.21. The van der Waals surface area contributed by atoms with Gasteiger partial charge in [0.15, 0.2) is 5.82 Å². The van der Waals surface area contributed by atoms with Gasteiger partial charge < -0.3 is 15.1 Å². The zero-order chi connectivity index (χ0) is 13.0. The monoisotopic (exact) mass is 269 g/mol. The van der Waals surface area contributed by atoms with Gasteiger partial charge in [0.25, 0.3) is 0 Å². The second-order valence-corrected chi connectivity index (χ2v) is 4.59. The molecular weight excluding hydrogens is 254 g/mol. The Kier molecular flexibility index (Phi) is 4.33. The molecule has 2 rings (SSSR count). The molecule has 0 spiro atoms. The van der Waals surface area contributed by atoms with Gasteiger partial charge in [-0.05, 0) is 0 Å². The predicted molar refractivity (Wildman–Crippen MR) is 69.8 cm³/mol. The van der Waals surface area contributed by atoms with Crippen LogP contribution in [-0.2, 0) is 4.79 Å². The molecule has 1 aromatic rings. The Labute approximate surface area is 111 Å². The summed E-state index contributed by atoms with van der Waals surface area (Å²) in [4.78, 5) is 23.6. The van der Waals surface area contributed by atoms with Gasteiger partial charge >= 0.3 is 0 Å². The predicted octanol–water partition coefficient (Wildman–Crippen LogP) is -0.00200. The van der Waals surface area contributed by atoms with Crippen LogP contribution in [0.1, 0.15) is 0 Å². The van der Waals surface area contributed by atoms with E-state index in [0.717, 1.165) is 26.2 Å². The fourth-order valence-electron chi connectivity index (χ4n) is 1.88. The van der Waals surface area contributed by atoms with E-state index < -0.39 is 0 Å². The van der Waals surface area contributed by atoms with Gasteiger partial charge in [-0.25, -0.2) is 9.97 Å². The highest BCUT2D eigenvalue weighted by Crippen LogP contribution is 2.19. The molecule has 1 aliphatic rings. The lowest BCUT2D eigenvalue weighted by atomic mass is 10.3. The lowest BCUT2D eigenvalue weighted by Gasteiger charge is -2.29. The highest BCUT2D eigenvalue weighted by molar-refractivity contribution is 6.32. The molecule has 1 aromatic heterocycles. The molecule has 0 saturated carbocycles. The number of piperazine rings is 1. The van der Waals surface area contributed by atoms with Gasteiger partial charge in [-0.1, -0.05) is 11.6 Å². The molecule has 1 N–H and O–H groups in total. The van der Waals surface area contributed by atoms with Crippen molar-refractivity contribution >= 4 is 23.3 Å². The van der Waals surface area contributed by atoms with Crippen molar-refractivity contribution in [1.29, 1.82) is 0 Å². The molecule has 18 heavy (non-hydrogen) atoms. The maximum absolute atomic E-state index is 12.1. The molecule has 0 aromatic carbocycles. The third kappa shape index (κ3) is 3.08. The van der Waals surface area contributed by atoms with Gasteiger partial charge in [-0.3, -0.25) is 4.79 Å². The molecule has 1 fully saturated rings. The minimum absolute atomic E-state index is 0.0914. The minimum Gasteiger partial charge on any atom is -0.349 e. The number of amides is 1. The van der Waals surface area contributed by atoms with Crippen molar-refractivity contribution in [2.24, 2.45) is 0 Å². The maximum Gasteiger partial charge on any atom is 0.242 e. The van der Waals surface area contributed by atoms with E-state index in [4.69, 9.17) is 11.6 Å². The smallest absolute Gasteiger partial charge is 0.242 e. The number of carbonyl (C=O) groups excluding carboxylic acids is 1. The fraction of sp³-hybridized carbons (Fsp3) is 0.545. The molecule has 98 valence electrons. The van der Waals surface area contributed by atoms with Crippen LogP contribution < -0.4 is 10.2 Å². The molecule has 1 amide bonds. The topological polar surface area (TPSA) is 61.4 Å². The largest absolute Gasteiger partial charge is 0.349 e. The second kappa shape index (κ2) is 5.97. The number of rotatable bonds is 3. The minimum atomic E-state index is 0.0914. The van der Waals surface area contributed by atoms with Crippen LogP contribution in [-0.4, -0.2) is 60.5 Å². The van der Waals surface area contributed by atoms with Crippen molar-refractivity contribution < 1.29 is 4.79 Å². The van der Waals surface area contributed by atoms with E-state index in [0.29, 0.717) is 10.8 Å². The van der Waals surface area contributed by atoms with E-state index >= 15 is 0 Å². The van der Waals surface area contributed by atoms with Crippen molar-refractivity contribution in [3.8, 4) is 0 Å². The van der Waals surface area contributed by atoms with Gasteiger partial charge in [-0.15, -0.1) is 0 Å². The third-order valence-electron chi connectivity index (χ3n) is 2.85. The molecule has 6 nitrogen and oxygen atoms in total. The molecule has 2 heterocycles. The SMILES string of the molecule is CN(CC(=O)N1CCNCC1)c1ncncc1Cl. The summed E-state index contributed by atoms with van der Waals surface area (Å²) in [6.07, 6.45) is 2.95. The van der Waals surface area contributed by atoms with E-state index in [2.05, 4.69) is 15.3 Å². The van der Waals surface area contributed by atoms with Crippen molar-refractivity contribution in [3.05, 3.63) is 17.5 Å². The Morgan fingerprint density at radius 1 is 1.56 bits per heavy atom. The highest BCUT2D eigenvalue weighted by Gasteiger charge is 2.19. The first-order chi connectivity index (χ1) is 8.68. The van der Waals surface area contributed by atoms with Gasteiger partial charge in [0, 0.05) is 33.2 Å². The van der Waals surface area contributed by atoms with Crippen LogP contribution in [0.3, 0.4) is 0 Å². The molecule has 1 aliphatic heterocycles. The van der Waals surface area contributed by atoms with Crippen LogP contribution in [0.15, 0.2) is 12.5 Å². The number of anilines is 1. The number of carbonyl (C=O) groups is 1. The highest BCUT2D eigenvalue weighted by atomic mass is 35.5. The van der Waals surface area contributed by atoms with Crippen molar-refractivity contribution in [2.45, 2.75) is 0 Å². The molecule has 1 saturated heterocycles. The standard InChI is InChI=1S/C11H16ClN5O/c1-16(11-9(12)6-14-8-15-11)7-10(18)17-4-2-13-3-5-17/h6,8,13H,2-5,7H2,1H3. The lowest BCUT2D eigenvalue weighted by Crippen LogP contribution is -2.49. The Morgan fingerprint density at radius 2 is 2.28 bits per heavy atom. The molecular formula is C11H16ClN5O. The normalized spacial score (nSPS) is 15.6. The van der Waals surface area contributed by atoms with E-state index in [-0.39, 0.29) is 12.5 Å². The summed E-state index contributed by atoms with van der Waals surface area (Å²) < 4.78 is 0. The summed E-state index contributed by atoms with van der Waals surface area (Å²) in [5.41, 5.74) is 0. The summed E-state index contributed by atoms with van der Waals surface area (Å²) in [5.74, 6) is 0.670. The average molecular weight is 270 g/mol. The second-order valence-electron chi connectivity index (χ2n) is 4.18. The van der Waals surface area contributed by atoms with Gasteiger partial charge in [0.2, 0.25) is 5.91 Å². The molecule has 0 aliphatic carbocycles. The van der Waals surface area contributed by atoms with Crippen LogP contribution in [0.5, 0.6) is 0 Å². The Balaban J connectivity index is 1.96. The number of nitrogens with one attached hydrogen (secondary N) is 1. The van der Waals surface area contributed by atoms with E-state index in [1.165, 1.54) is 12.5 Å². The lowest BCUT2D eigenvalue weighted by molar-refractivity contribution is -0.130. The Bertz CT molecular complexity index is 422. The average Bonchev–Trinajstić information content (AvgIpc) is 2.40. The van der Waals surface area contributed by atoms with E-state index in [9.17, 15) is 4.79 Å². The van der Waals surface area contributed by atoms with Crippen molar-refractivity contribution in [3.63, 3.8) is 0 Å². The number of hydrogen-bond acceptors (Lipinski definition) is 5. The molecule has 0 atom stereocenters. The third-order valence-corrected chi connectivity index (χ3v) is 3.12. The Morgan fingerprint density at radius 3 is 2.94 bits per heavy atom. The van der Waals surface area contributed by atoms with Crippen LogP contribution in [0, 0.1) is 0 Å². The van der Waals surface area contributed by atoms with Crippen LogP contribution >= 0.6 is 11.6 Å². The summed E-state index contributed by atoms with van der Waals surface area (Å²) in [6, 6.07) is 0. The van der Waals surface area contributed by atoms with Gasteiger partial charge in [0.05, 0.1) is 12.7 Å². The van der Waals surface area contributed by atoms with Crippen molar-refractivity contribution in [1.82, 2.24) is 20.2 Å². The van der Waals surface area contributed by atoms with Crippen molar-refractivity contribution in [2.75, 3.05) is 44.7 Å². The summed E-state index contributed by atoms with van der Waals surface area (Å²) in [5, 5.41) is 3.67. The van der Waals surface area contributed by atoms with Crippen LogP contribution in [0.2, 0.25) is 5.02 Å². The van der Waals surface area contributed by atoms with Gasteiger partial charge in [-0.2, -0.15) is 0 Å². The molecule has 7 heteroatoms. The Hall–Kier alpha value is -1.40.